The minimum absolute atomic E-state index is 0.00186. The number of unbranched alkanes of at least 4 members (excludes halogenated alkanes) is 2. The van der Waals surface area contributed by atoms with Crippen molar-refractivity contribution in [1.82, 2.24) is 9.80 Å². The van der Waals surface area contributed by atoms with Crippen molar-refractivity contribution >= 4 is 33.7 Å². The number of carbonyl (C=O) groups is 3. The van der Waals surface area contributed by atoms with E-state index >= 15 is 0 Å². The fraction of sp³-hybridized carbons (Fsp3) is 0.731. The monoisotopic (exact) mass is 554 g/mol. The molecule has 3 fully saturated rings. The first-order chi connectivity index (χ1) is 16.8. The Morgan fingerprint density at radius 1 is 1.37 bits per heavy atom. The number of fused-ring (bicyclic) bond motifs is 1. The number of rotatable bonds is 14. The molecule has 8 nitrogen and oxygen atoms in total. The van der Waals surface area contributed by atoms with E-state index in [4.69, 9.17) is 9.47 Å². The number of allylic oxidation sites excluding steroid dienone is 1. The molecule has 3 aliphatic rings. The summed E-state index contributed by atoms with van der Waals surface area (Å²) in [5.74, 6) is -2.62. The number of aliphatic hydroxyl groups is 1. The first-order valence-corrected chi connectivity index (χ1v) is 13.6. The lowest BCUT2D eigenvalue weighted by atomic mass is 9.70. The SMILES string of the molecule is C=CCCCCOC(=O)[C@H]1[C@@H]2OC3(CC2Br)C(C(=O)N(CC=C)C(C)CCC)N(CCO)C(=O)[C@H]13. The molecule has 0 aliphatic carbocycles. The number of nitrogens with zero attached hydrogens (tertiary/aromatic N) is 2. The number of aliphatic hydroxyl groups excluding tert-OH is 1. The van der Waals surface area contributed by atoms with Gasteiger partial charge in [-0.15, -0.1) is 13.2 Å². The second-order valence-electron chi connectivity index (χ2n) is 9.79. The van der Waals surface area contributed by atoms with Crippen LogP contribution in [0, 0.1) is 11.8 Å². The van der Waals surface area contributed by atoms with Gasteiger partial charge in [-0.25, -0.2) is 0 Å². The first kappa shape index (κ1) is 27.9. The van der Waals surface area contributed by atoms with Crippen LogP contribution < -0.4 is 0 Å². The lowest BCUT2D eigenvalue weighted by molar-refractivity contribution is -0.155. The van der Waals surface area contributed by atoms with E-state index in [1.165, 1.54) is 4.90 Å². The van der Waals surface area contributed by atoms with Crippen molar-refractivity contribution in [2.75, 3.05) is 26.3 Å². The van der Waals surface area contributed by atoms with Gasteiger partial charge in [0.15, 0.2) is 0 Å². The van der Waals surface area contributed by atoms with E-state index in [1.807, 2.05) is 13.0 Å². The zero-order chi connectivity index (χ0) is 25.8. The van der Waals surface area contributed by atoms with Gasteiger partial charge in [0.2, 0.25) is 11.8 Å². The van der Waals surface area contributed by atoms with Crippen LogP contribution in [0.25, 0.3) is 0 Å². The molecule has 0 saturated carbocycles. The van der Waals surface area contributed by atoms with Gasteiger partial charge in [0.1, 0.15) is 11.6 Å². The number of alkyl halides is 1. The Bertz CT molecular complexity index is 822. The van der Waals surface area contributed by atoms with E-state index in [9.17, 15) is 19.5 Å². The summed E-state index contributed by atoms with van der Waals surface area (Å²) in [5, 5.41) is 9.74. The molecule has 2 amide bonds. The molecular weight excluding hydrogens is 516 g/mol. The maximum atomic E-state index is 14.0. The molecule has 3 aliphatic heterocycles. The second kappa shape index (κ2) is 12.0. The summed E-state index contributed by atoms with van der Waals surface area (Å²) in [6.45, 7) is 11.9. The molecule has 0 radical (unpaired) electrons. The summed E-state index contributed by atoms with van der Waals surface area (Å²) < 4.78 is 12.0. The smallest absolute Gasteiger partial charge is 0.312 e. The van der Waals surface area contributed by atoms with Gasteiger partial charge in [0, 0.05) is 24.0 Å². The van der Waals surface area contributed by atoms with Gasteiger partial charge in [-0.1, -0.05) is 41.4 Å². The number of likely N-dealkylation sites (tertiary alicyclic amines) is 1. The van der Waals surface area contributed by atoms with Gasteiger partial charge < -0.3 is 24.4 Å². The Balaban J connectivity index is 1.92. The molecule has 2 bridgehead atoms. The molecule has 0 aromatic rings. The number of esters is 1. The first-order valence-electron chi connectivity index (χ1n) is 12.7. The summed E-state index contributed by atoms with van der Waals surface area (Å²) in [4.78, 5) is 43.9. The third-order valence-electron chi connectivity index (χ3n) is 7.53. The Labute approximate surface area is 216 Å². The number of carbonyl (C=O) groups excluding carboxylic acids is 3. The average molecular weight is 556 g/mol. The van der Waals surface area contributed by atoms with Crippen molar-refractivity contribution in [1.29, 1.82) is 0 Å². The fourth-order valence-corrected chi connectivity index (χ4v) is 6.99. The highest BCUT2D eigenvalue weighted by molar-refractivity contribution is 9.09. The maximum Gasteiger partial charge on any atom is 0.312 e. The third kappa shape index (κ3) is 5.09. The van der Waals surface area contributed by atoms with Crippen LogP contribution >= 0.6 is 15.9 Å². The average Bonchev–Trinajstić information content (AvgIpc) is 3.41. The van der Waals surface area contributed by atoms with Crippen LogP contribution in [0.15, 0.2) is 25.3 Å². The highest BCUT2D eigenvalue weighted by Gasteiger charge is 2.77. The van der Waals surface area contributed by atoms with E-state index in [0.29, 0.717) is 19.4 Å². The van der Waals surface area contributed by atoms with Crippen LogP contribution in [0.4, 0.5) is 0 Å². The van der Waals surface area contributed by atoms with Crippen LogP contribution in [0.3, 0.4) is 0 Å². The Kier molecular flexibility index (Phi) is 9.57. The molecule has 35 heavy (non-hydrogen) atoms. The molecule has 0 aromatic heterocycles. The van der Waals surface area contributed by atoms with Crippen LogP contribution in [0.5, 0.6) is 0 Å². The van der Waals surface area contributed by atoms with Crippen molar-refractivity contribution in [2.45, 2.75) is 81.0 Å². The predicted octanol–water partition coefficient (Wildman–Crippen LogP) is 2.83. The molecule has 7 atom stereocenters. The topological polar surface area (TPSA) is 96.4 Å². The highest BCUT2D eigenvalue weighted by atomic mass is 79.9. The van der Waals surface area contributed by atoms with E-state index in [1.54, 1.807) is 11.0 Å². The van der Waals surface area contributed by atoms with Crippen LogP contribution in [0.2, 0.25) is 0 Å². The van der Waals surface area contributed by atoms with Crippen molar-refractivity contribution in [2.24, 2.45) is 11.8 Å². The number of hydrogen-bond acceptors (Lipinski definition) is 6. The normalized spacial score (nSPS) is 31.8. The highest BCUT2D eigenvalue weighted by Crippen LogP contribution is 2.60. The molecule has 4 unspecified atom stereocenters. The van der Waals surface area contributed by atoms with E-state index in [-0.39, 0.29) is 42.4 Å². The molecule has 3 saturated heterocycles. The van der Waals surface area contributed by atoms with Gasteiger partial charge in [-0.2, -0.15) is 0 Å². The van der Waals surface area contributed by atoms with Crippen molar-refractivity contribution in [3.05, 3.63) is 25.3 Å². The van der Waals surface area contributed by atoms with Gasteiger partial charge in [0.05, 0.1) is 31.2 Å². The summed E-state index contributed by atoms with van der Waals surface area (Å²) in [6, 6.07) is -0.969. The summed E-state index contributed by atoms with van der Waals surface area (Å²) in [5.41, 5.74) is -1.14. The van der Waals surface area contributed by atoms with Crippen molar-refractivity contribution in [3.63, 3.8) is 0 Å². The quantitative estimate of drug-likeness (QED) is 0.153. The fourth-order valence-electron chi connectivity index (χ4n) is 6.04. The number of hydrogen-bond donors (Lipinski definition) is 1. The van der Waals surface area contributed by atoms with Gasteiger partial charge in [-0.3, -0.25) is 14.4 Å². The molecule has 3 rings (SSSR count). The zero-order valence-electron chi connectivity index (χ0n) is 20.9. The minimum Gasteiger partial charge on any atom is -0.465 e. The molecule has 0 aromatic carbocycles. The van der Waals surface area contributed by atoms with Gasteiger partial charge in [0.25, 0.3) is 0 Å². The van der Waals surface area contributed by atoms with E-state index < -0.39 is 35.6 Å². The third-order valence-corrected chi connectivity index (χ3v) is 8.38. The molecule has 1 spiro atoms. The van der Waals surface area contributed by atoms with E-state index in [0.717, 1.165) is 25.7 Å². The largest absolute Gasteiger partial charge is 0.465 e. The van der Waals surface area contributed by atoms with E-state index in [2.05, 4.69) is 36.0 Å². The lowest BCUT2D eigenvalue weighted by Crippen LogP contribution is -2.58. The van der Waals surface area contributed by atoms with Gasteiger partial charge >= 0.3 is 5.97 Å². The maximum absolute atomic E-state index is 14.0. The minimum atomic E-state index is -1.14. The molecule has 9 heteroatoms. The molecule has 196 valence electrons. The van der Waals surface area contributed by atoms with Crippen molar-refractivity contribution in [3.8, 4) is 0 Å². The number of halogens is 1. The van der Waals surface area contributed by atoms with Crippen LogP contribution in [-0.2, 0) is 23.9 Å². The van der Waals surface area contributed by atoms with Gasteiger partial charge in [-0.05, 0) is 39.0 Å². The lowest BCUT2D eigenvalue weighted by Gasteiger charge is -2.39. The van der Waals surface area contributed by atoms with Crippen LogP contribution in [0.1, 0.15) is 52.4 Å². The Morgan fingerprint density at radius 3 is 2.74 bits per heavy atom. The summed E-state index contributed by atoms with van der Waals surface area (Å²) in [7, 11) is 0. The zero-order valence-corrected chi connectivity index (χ0v) is 22.5. The standard InChI is InChI=1S/C26H39BrN2O6/c1-5-8-9-10-15-34-25(33)19-20-23(31)29(13-14-30)22(26(20)16-18(27)21(19)35-26)24(32)28(12-7-3)17(4)11-6-2/h5,7,17-22,30H,1,3,6,8-16H2,2,4H3/t17?,18?,19-,20+,21-,22?,26?/m1/s1. The summed E-state index contributed by atoms with van der Waals surface area (Å²) >= 11 is 3.65. The summed E-state index contributed by atoms with van der Waals surface area (Å²) in [6.07, 6.45) is 7.52. The number of amides is 2. The number of ether oxygens (including phenoxy) is 2. The van der Waals surface area contributed by atoms with Crippen LogP contribution in [-0.4, -0.2) is 87.6 Å². The predicted molar refractivity (Wildman–Crippen MR) is 136 cm³/mol. The molecule has 1 N–H and O–H groups in total. The second-order valence-corrected chi connectivity index (χ2v) is 11.0. The van der Waals surface area contributed by atoms with Crippen molar-refractivity contribution < 1.29 is 29.0 Å². The molecule has 3 heterocycles. The number of β-amino-alcohol motifs (C(OH)–C–C–N with tert-alkyl or cyclic N) is 1. The molecular formula is C26H39BrN2O6. The Hall–Kier alpha value is -1.71. The Morgan fingerprint density at radius 2 is 2.11 bits per heavy atom.